The highest BCUT2D eigenvalue weighted by Gasteiger charge is 2.33. The Morgan fingerprint density at radius 1 is 1.50 bits per heavy atom. The molecule has 5 heteroatoms. The summed E-state index contributed by atoms with van der Waals surface area (Å²) in [7, 11) is 0. The Hall–Kier alpha value is -1.10. The fourth-order valence-electron chi connectivity index (χ4n) is 2.40. The first-order valence-corrected chi connectivity index (χ1v) is 5.89. The Morgan fingerprint density at radius 3 is 2.75 bits per heavy atom. The van der Waals surface area contributed by atoms with Crippen LogP contribution in [0.1, 0.15) is 38.5 Å². The molecule has 1 atom stereocenters. The van der Waals surface area contributed by atoms with E-state index in [9.17, 15) is 14.7 Å². The molecule has 1 saturated carbocycles. The van der Waals surface area contributed by atoms with Gasteiger partial charge in [-0.25, -0.2) is 0 Å². The number of nitrogens with one attached hydrogen (secondary N) is 2. The second-order valence-electron chi connectivity index (χ2n) is 4.81. The highest BCUT2D eigenvalue weighted by Crippen LogP contribution is 2.28. The molecule has 0 aromatic heterocycles. The van der Waals surface area contributed by atoms with Gasteiger partial charge in [-0.15, -0.1) is 0 Å². The number of carbonyl (C=O) groups is 2. The number of carbonyl (C=O) groups excluding carboxylic acids is 2. The van der Waals surface area contributed by atoms with Gasteiger partial charge in [-0.2, -0.15) is 0 Å². The third-order valence-electron chi connectivity index (χ3n) is 3.44. The van der Waals surface area contributed by atoms with Crippen molar-refractivity contribution >= 4 is 11.8 Å². The Morgan fingerprint density at radius 2 is 2.19 bits per heavy atom. The van der Waals surface area contributed by atoms with Gasteiger partial charge in [0.25, 0.3) is 0 Å². The Labute approximate surface area is 94.6 Å². The topological polar surface area (TPSA) is 78.4 Å². The van der Waals surface area contributed by atoms with Gasteiger partial charge in [-0.05, 0) is 19.3 Å². The van der Waals surface area contributed by atoms with Gasteiger partial charge in [0.1, 0.15) is 6.04 Å². The minimum absolute atomic E-state index is 0.0697. The van der Waals surface area contributed by atoms with Crippen molar-refractivity contribution < 1.29 is 14.7 Å². The first kappa shape index (κ1) is 11.4. The number of hydrogen-bond acceptors (Lipinski definition) is 3. The molecule has 0 bridgehead atoms. The van der Waals surface area contributed by atoms with E-state index in [1.54, 1.807) is 0 Å². The van der Waals surface area contributed by atoms with E-state index in [1.807, 2.05) is 0 Å². The lowest BCUT2D eigenvalue weighted by molar-refractivity contribution is -0.126. The fraction of sp³-hybridized carbons (Fsp3) is 0.818. The zero-order valence-electron chi connectivity index (χ0n) is 9.29. The normalized spacial score (nSPS) is 27.8. The molecule has 2 rings (SSSR count). The molecule has 1 aliphatic carbocycles. The summed E-state index contributed by atoms with van der Waals surface area (Å²) in [4.78, 5) is 22.6. The van der Waals surface area contributed by atoms with Crippen LogP contribution in [0, 0.1) is 0 Å². The molecule has 3 N–H and O–H groups in total. The van der Waals surface area contributed by atoms with Crippen LogP contribution >= 0.6 is 0 Å². The van der Waals surface area contributed by atoms with Crippen molar-refractivity contribution in [2.45, 2.75) is 50.2 Å². The molecule has 2 amide bonds. The smallest absolute Gasteiger partial charge is 0.242 e. The summed E-state index contributed by atoms with van der Waals surface area (Å²) in [6, 6.07) is -0.405. The third-order valence-corrected chi connectivity index (χ3v) is 3.44. The summed E-state index contributed by atoms with van der Waals surface area (Å²) in [6.07, 6.45) is 4.53. The van der Waals surface area contributed by atoms with Crippen molar-refractivity contribution in [1.29, 1.82) is 0 Å². The van der Waals surface area contributed by atoms with Gasteiger partial charge in [0.05, 0.1) is 5.60 Å². The molecule has 0 aromatic carbocycles. The monoisotopic (exact) mass is 226 g/mol. The van der Waals surface area contributed by atoms with Crippen molar-refractivity contribution in [2.24, 2.45) is 0 Å². The number of aliphatic hydroxyl groups is 1. The SMILES string of the molecule is O=C1CCC(C(=O)NCC2(O)CCCC2)N1. The van der Waals surface area contributed by atoms with Gasteiger partial charge in [-0.3, -0.25) is 9.59 Å². The van der Waals surface area contributed by atoms with Crippen LogP contribution in [-0.2, 0) is 9.59 Å². The van der Waals surface area contributed by atoms with Crippen LogP contribution in [0.25, 0.3) is 0 Å². The highest BCUT2D eigenvalue weighted by molar-refractivity contribution is 5.90. The molecule has 1 heterocycles. The Balaban J connectivity index is 1.77. The number of rotatable bonds is 3. The predicted molar refractivity (Wildman–Crippen MR) is 57.6 cm³/mol. The first-order chi connectivity index (χ1) is 7.59. The zero-order valence-corrected chi connectivity index (χ0v) is 9.29. The van der Waals surface area contributed by atoms with Gasteiger partial charge in [0, 0.05) is 13.0 Å². The predicted octanol–water partition coefficient (Wildman–Crippen LogP) is -0.314. The van der Waals surface area contributed by atoms with Crippen LogP contribution in [0.5, 0.6) is 0 Å². The lowest BCUT2D eigenvalue weighted by Crippen LogP contribution is -2.47. The van der Waals surface area contributed by atoms with Crippen molar-refractivity contribution in [3.8, 4) is 0 Å². The third kappa shape index (κ3) is 2.52. The van der Waals surface area contributed by atoms with Crippen molar-refractivity contribution in [1.82, 2.24) is 10.6 Å². The van der Waals surface area contributed by atoms with Crippen LogP contribution in [0.3, 0.4) is 0 Å². The lowest BCUT2D eigenvalue weighted by atomic mass is 10.0. The quantitative estimate of drug-likeness (QED) is 0.617. The number of amides is 2. The molecule has 2 aliphatic rings. The maximum atomic E-state index is 11.7. The average Bonchev–Trinajstić information content (AvgIpc) is 2.85. The van der Waals surface area contributed by atoms with Crippen LogP contribution in [0.15, 0.2) is 0 Å². The first-order valence-electron chi connectivity index (χ1n) is 5.89. The summed E-state index contributed by atoms with van der Waals surface area (Å²) in [6.45, 7) is 0.304. The fourth-order valence-corrected chi connectivity index (χ4v) is 2.40. The molecule has 0 aromatic rings. The maximum absolute atomic E-state index is 11.7. The van der Waals surface area contributed by atoms with Crippen LogP contribution in [0.2, 0.25) is 0 Å². The van der Waals surface area contributed by atoms with Crippen LogP contribution < -0.4 is 10.6 Å². The van der Waals surface area contributed by atoms with Crippen LogP contribution in [-0.4, -0.2) is 35.1 Å². The summed E-state index contributed by atoms with van der Waals surface area (Å²) >= 11 is 0. The maximum Gasteiger partial charge on any atom is 0.242 e. The summed E-state index contributed by atoms with van der Waals surface area (Å²) < 4.78 is 0. The molecule has 0 radical (unpaired) electrons. The Bertz CT molecular complexity index is 298. The molecule has 1 saturated heterocycles. The molecule has 1 unspecified atom stereocenters. The molecule has 1 aliphatic heterocycles. The van der Waals surface area contributed by atoms with Crippen molar-refractivity contribution in [3.05, 3.63) is 0 Å². The largest absolute Gasteiger partial charge is 0.388 e. The Kier molecular flexibility index (Phi) is 3.14. The van der Waals surface area contributed by atoms with E-state index in [4.69, 9.17) is 0 Å². The van der Waals surface area contributed by atoms with Gasteiger partial charge < -0.3 is 15.7 Å². The molecular formula is C11H18N2O3. The lowest BCUT2D eigenvalue weighted by Gasteiger charge is -2.23. The van der Waals surface area contributed by atoms with Gasteiger partial charge in [0.2, 0.25) is 11.8 Å². The van der Waals surface area contributed by atoms with E-state index in [2.05, 4.69) is 10.6 Å². The minimum Gasteiger partial charge on any atom is -0.388 e. The molecular weight excluding hydrogens is 208 g/mol. The van der Waals surface area contributed by atoms with Gasteiger partial charge >= 0.3 is 0 Å². The highest BCUT2D eigenvalue weighted by atomic mass is 16.3. The van der Waals surface area contributed by atoms with E-state index in [0.29, 0.717) is 19.4 Å². The van der Waals surface area contributed by atoms with Gasteiger partial charge in [-0.1, -0.05) is 12.8 Å². The minimum atomic E-state index is -0.724. The number of hydrogen-bond donors (Lipinski definition) is 3. The molecule has 2 fully saturated rings. The standard InChI is InChI=1S/C11H18N2O3/c14-9-4-3-8(13-9)10(15)12-7-11(16)5-1-2-6-11/h8,16H,1-7H2,(H,12,15)(H,13,14). The van der Waals surface area contributed by atoms with E-state index < -0.39 is 11.6 Å². The molecule has 0 spiro atoms. The van der Waals surface area contributed by atoms with Crippen molar-refractivity contribution in [2.75, 3.05) is 6.54 Å². The van der Waals surface area contributed by atoms with E-state index in [0.717, 1.165) is 25.7 Å². The van der Waals surface area contributed by atoms with Gasteiger partial charge in [0.15, 0.2) is 0 Å². The second-order valence-corrected chi connectivity index (χ2v) is 4.81. The molecule has 90 valence electrons. The zero-order chi connectivity index (χ0) is 11.6. The summed E-state index contributed by atoms with van der Waals surface area (Å²) in [5.74, 6) is -0.245. The molecule has 5 nitrogen and oxygen atoms in total. The van der Waals surface area contributed by atoms with Crippen LogP contribution in [0.4, 0.5) is 0 Å². The summed E-state index contributed by atoms with van der Waals surface area (Å²) in [5, 5.41) is 15.4. The van der Waals surface area contributed by atoms with Crippen molar-refractivity contribution in [3.63, 3.8) is 0 Å². The van der Waals surface area contributed by atoms with E-state index in [-0.39, 0.29) is 11.8 Å². The summed E-state index contributed by atoms with van der Waals surface area (Å²) in [5.41, 5.74) is -0.724. The van der Waals surface area contributed by atoms with E-state index in [1.165, 1.54) is 0 Å². The average molecular weight is 226 g/mol. The van der Waals surface area contributed by atoms with E-state index >= 15 is 0 Å². The second kappa shape index (κ2) is 4.41. The molecule has 16 heavy (non-hydrogen) atoms.